The van der Waals surface area contributed by atoms with Crippen molar-refractivity contribution in [3.63, 3.8) is 0 Å². The van der Waals surface area contributed by atoms with E-state index in [1.165, 1.54) is 13.3 Å². The Morgan fingerprint density at radius 2 is 2.05 bits per heavy atom. The summed E-state index contributed by atoms with van der Waals surface area (Å²) < 4.78 is 5.50. The molecule has 0 unspecified atom stereocenters. The molecule has 1 fully saturated rings. The second kappa shape index (κ2) is 7.43. The first-order valence-corrected chi connectivity index (χ1v) is 8.00. The molecule has 4 nitrogen and oxygen atoms in total. The summed E-state index contributed by atoms with van der Waals surface area (Å²) in [4.78, 5) is 23.4. The predicted octanol–water partition coefficient (Wildman–Crippen LogP) is 3.21. The van der Waals surface area contributed by atoms with Crippen LogP contribution in [0.3, 0.4) is 0 Å². The van der Waals surface area contributed by atoms with Gasteiger partial charge in [0.15, 0.2) is 12.4 Å². The number of nitrogens with one attached hydrogen (secondary N) is 1. The van der Waals surface area contributed by atoms with Crippen molar-refractivity contribution in [2.45, 2.75) is 46.1 Å². The highest BCUT2D eigenvalue weighted by atomic mass is 16.5. The number of Topliss-reactive ketones (excluding diaryl/α,β-unsaturated/α-hetero) is 1. The lowest BCUT2D eigenvalue weighted by Gasteiger charge is -2.34. The molecule has 0 heterocycles. The molecule has 0 saturated heterocycles. The van der Waals surface area contributed by atoms with E-state index in [0.29, 0.717) is 23.1 Å². The van der Waals surface area contributed by atoms with Gasteiger partial charge in [-0.3, -0.25) is 9.59 Å². The predicted molar refractivity (Wildman–Crippen MR) is 86.1 cm³/mol. The quantitative estimate of drug-likeness (QED) is 0.850. The highest BCUT2D eigenvalue weighted by Gasteiger charge is 2.28. The Bertz CT molecular complexity index is 541. The van der Waals surface area contributed by atoms with Gasteiger partial charge in [-0.25, -0.2) is 0 Å². The summed E-state index contributed by atoms with van der Waals surface area (Å²) in [6.45, 7) is 5.94. The largest absolute Gasteiger partial charge is 0.484 e. The lowest BCUT2D eigenvalue weighted by Crippen LogP contribution is -2.45. The Hall–Kier alpha value is -1.84. The Morgan fingerprint density at radius 3 is 2.77 bits per heavy atom. The van der Waals surface area contributed by atoms with Crippen LogP contribution in [0.25, 0.3) is 0 Å². The minimum atomic E-state index is -0.0980. The highest BCUT2D eigenvalue weighted by molar-refractivity contribution is 5.94. The van der Waals surface area contributed by atoms with Crippen LogP contribution in [0, 0.1) is 11.8 Å². The van der Waals surface area contributed by atoms with E-state index in [2.05, 4.69) is 19.2 Å². The van der Waals surface area contributed by atoms with Gasteiger partial charge in [0.05, 0.1) is 0 Å². The maximum absolute atomic E-state index is 12.1. The molecular weight excluding hydrogens is 278 g/mol. The fraction of sp³-hybridized carbons (Fsp3) is 0.556. The minimum Gasteiger partial charge on any atom is -0.484 e. The van der Waals surface area contributed by atoms with Crippen LogP contribution in [0.15, 0.2) is 24.3 Å². The monoisotopic (exact) mass is 303 g/mol. The average molecular weight is 303 g/mol. The minimum absolute atomic E-state index is 0.0140. The van der Waals surface area contributed by atoms with Crippen LogP contribution in [0.4, 0.5) is 0 Å². The van der Waals surface area contributed by atoms with Gasteiger partial charge >= 0.3 is 0 Å². The number of ether oxygens (including phenoxy) is 1. The van der Waals surface area contributed by atoms with Crippen molar-refractivity contribution < 1.29 is 14.3 Å². The number of ketones is 1. The third kappa shape index (κ3) is 4.33. The number of hydrogen-bond donors (Lipinski definition) is 1. The first-order chi connectivity index (χ1) is 10.5. The molecule has 1 N–H and O–H groups in total. The van der Waals surface area contributed by atoms with Gasteiger partial charge in [0.1, 0.15) is 5.75 Å². The summed E-state index contributed by atoms with van der Waals surface area (Å²) in [5.74, 6) is 1.58. The Morgan fingerprint density at radius 1 is 1.27 bits per heavy atom. The van der Waals surface area contributed by atoms with Crippen molar-refractivity contribution >= 4 is 11.7 Å². The summed E-state index contributed by atoms with van der Waals surface area (Å²) in [5, 5.41) is 3.08. The van der Waals surface area contributed by atoms with Crippen molar-refractivity contribution in [2.75, 3.05) is 6.61 Å². The van der Waals surface area contributed by atoms with Crippen molar-refractivity contribution in [1.82, 2.24) is 5.32 Å². The van der Waals surface area contributed by atoms with Gasteiger partial charge in [0, 0.05) is 11.6 Å². The first kappa shape index (κ1) is 16.5. The van der Waals surface area contributed by atoms with E-state index in [-0.39, 0.29) is 24.3 Å². The van der Waals surface area contributed by atoms with Gasteiger partial charge < -0.3 is 10.1 Å². The van der Waals surface area contributed by atoms with Crippen molar-refractivity contribution in [2.24, 2.45) is 11.8 Å². The fourth-order valence-electron chi connectivity index (χ4n) is 2.99. The van der Waals surface area contributed by atoms with E-state index in [1.54, 1.807) is 24.3 Å². The Balaban J connectivity index is 1.85. The van der Waals surface area contributed by atoms with Gasteiger partial charge in [0.2, 0.25) is 0 Å². The normalized spacial score (nSPS) is 24.6. The number of hydrogen-bond acceptors (Lipinski definition) is 3. The Labute approximate surface area is 132 Å². The van der Waals surface area contributed by atoms with Crippen LogP contribution in [-0.4, -0.2) is 24.3 Å². The summed E-state index contributed by atoms with van der Waals surface area (Å²) in [6.07, 6.45) is 3.44. The SMILES string of the molecule is CC(=O)c1cccc(OCC(=O)N[C@@H]2CCC[C@H](C)[C@H]2C)c1. The van der Waals surface area contributed by atoms with Crippen molar-refractivity contribution in [3.8, 4) is 5.75 Å². The van der Waals surface area contributed by atoms with E-state index in [9.17, 15) is 9.59 Å². The third-order valence-electron chi connectivity index (χ3n) is 4.66. The topological polar surface area (TPSA) is 55.4 Å². The van der Waals surface area contributed by atoms with Crippen LogP contribution in [-0.2, 0) is 4.79 Å². The molecule has 1 aromatic carbocycles. The number of amides is 1. The van der Waals surface area contributed by atoms with Gasteiger partial charge in [0.25, 0.3) is 5.91 Å². The molecule has 0 bridgehead atoms. The zero-order valence-corrected chi connectivity index (χ0v) is 13.6. The number of carbonyl (C=O) groups excluding carboxylic acids is 2. The van der Waals surface area contributed by atoms with E-state index in [1.807, 2.05) is 0 Å². The molecule has 0 aromatic heterocycles. The summed E-state index contributed by atoms with van der Waals surface area (Å²) >= 11 is 0. The first-order valence-electron chi connectivity index (χ1n) is 8.00. The molecule has 0 radical (unpaired) electrons. The smallest absolute Gasteiger partial charge is 0.258 e. The molecule has 2 rings (SSSR count). The average Bonchev–Trinajstić information content (AvgIpc) is 2.50. The molecule has 1 aromatic rings. The highest BCUT2D eigenvalue weighted by Crippen LogP contribution is 2.29. The van der Waals surface area contributed by atoms with E-state index >= 15 is 0 Å². The van der Waals surface area contributed by atoms with Crippen LogP contribution in [0.5, 0.6) is 5.75 Å². The number of carbonyl (C=O) groups is 2. The van der Waals surface area contributed by atoms with Crippen LogP contribution < -0.4 is 10.1 Å². The van der Waals surface area contributed by atoms with Gasteiger partial charge in [-0.05, 0) is 37.3 Å². The zero-order chi connectivity index (χ0) is 16.1. The molecule has 3 atom stereocenters. The maximum Gasteiger partial charge on any atom is 0.258 e. The lowest BCUT2D eigenvalue weighted by molar-refractivity contribution is -0.124. The standard InChI is InChI=1S/C18H25NO3/c1-12-6-4-9-17(13(12)2)19-18(21)11-22-16-8-5-7-15(10-16)14(3)20/h5,7-8,10,12-13,17H,4,6,9,11H2,1-3H3,(H,19,21)/t12-,13+,17+/m0/s1. The summed E-state index contributed by atoms with van der Waals surface area (Å²) in [5.41, 5.74) is 0.590. The van der Waals surface area contributed by atoms with E-state index < -0.39 is 0 Å². The molecular formula is C18H25NO3. The zero-order valence-electron chi connectivity index (χ0n) is 13.6. The molecule has 1 aliphatic carbocycles. The molecule has 120 valence electrons. The van der Waals surface area contributed by atoms with Gasteiger partial charge in [-0.2, -0.15) is 0 Å². The van der Waals surface area contributed by atoms with Crippen molar-refractivity contribution in [1.29, 1.82) is 0 Å². The molecule has 22 heavy (non-hydrogen) atoms. The lowest BCUT2D eigenvalue weighted by atomic mass is 9.78. The maximum atomic E-state index is 12.1. The van der Waals surface area contributed by atoms with Gasteiger partial charge in [-0.15, -0.1) is 0 Å². The molecule has 0 aliphatic heterocycles. The van der Waals surface area contributed by atoms with Crippen LogP contribution in [0.2, 0.25) is 0 Å². The van der Waals surface area contributed by atoms with Crippen LogP contribution >= 0.6 is 0 Å². The second-order valence-electron chi connectivity index (χ2n) is 6.31. The molecule has 1 aliphatic rings. The van der Waals surface area contributed by atoms with E-state index in [4.69, 9.17) is 4.74 Å². The molecule has 0 spiro atoms. The third-order valence-corrected chi connectivity index (χ3v) is 4.66. The van der Waals surface area contributed by atoms with Crippen molar-refractivity contribution in [3.05, 3.63) is 29.8 Å². The van der Waals surface area contributed by atoms with E-state index in [0.717, 1.165) is 12.8 Å². The summed E-state index contributed by atoms with van der Waals surface area (Å²) in [6, 6.07) is 7.16. The fourth-order valence-corrected chi connectivity index (χ4v) is 2.99. The number of rotatable bonds is 5. The van der Waals surface area contributed by atoms with Crippen LogP contribution in [0.1, 0.15) is 50.4 Å². The summed E-state index contributed by atoms with van der Waals surface area (Å²) in [7, 11) is 0. The second-order valence-corrected chi connectivity index (χ2v) is 6.31. The Kier molecular flexibility index (Phi) is 5.58. The molecule has 4 heteroatoms. The molecule has 1 saturated carbocycles. The van der Waals surface area contributed by atoms with Gasteiger partial charge in [-0.1, -0.05) is 38.8 Å². The number of benzene rings is 1. The molecule has 1 amide bonds.